The topological polar surface area (TPSA) is 78.8 Å². The summed E-state index contributed by atoms with van der Waals surface area (Å²) in [7, 11) is 0. The van der Waals surface area contributed by atoms with E-state index in [9.17, 15) is 19.4 Å². The molecular weight excluding hydrogens is 277 g/mol. The van der Waals surface area contributed by atoms with Gasteiger partial charge in [-0.15, -0.1) is 0 Å². The Balaban J connectivity index is 2.06. The maximum absolute atomic E-state index is 13.0. The summed E-state index contributed by atoms with van der Waals surface area (Å²) in [6, 6.07) is 2.84. The van der Waals surface area contributed by atoms with E-state index in [0.29, 0.717) is 0 Å². The van der Waals surface area contributed by atoms with Crippen LogP contribution in [0, 0.1) is 5.82 Å². The van der Waals surface area contributed by atoms with Crippen molar-refractivity contribution >= 4 is 17.5 Å². The van der Waals surface area contributed by atoms with Crippen LogP contribution >= 0.6 is 11.6 Å². The Morgan fingerprint density at radius 3 is 2.84 bits per heavy atom. The minimum Gasteiger partial charge on any atom is -0.388 e. The van der Waals surface area contributed by atoms with E-state index >= 15 is 0 Å². The van der Waals surface area contributed by atoms with Gasteiger partial charge in [-0.25, -0.2) is 4.39 Å². The minimum absolute atomic E-state index is 0.0237. The van der Waals surface area contributed by atoms with Crippen molar-refractivity contribution in [2.45, 2.75) is 18.2 Å². The fourth-order valence-electron chi connectivity index (χ4n) is 1.80. The highest BCUT2D eigenvalue weighted by molar-refractivity contribution is 6.31. The summed E-state index contributed by atoms with van der Waals surface area (Å²) in [4.78, 5) is 11.9. The number of amides is 1. The summed E-state index contributed by atoms with van der Waals surface area (Å²) < 4.78 is 18.0. The van der Waals surface area contributed by atoms with Gasteiger partial charge in [-0.05, 0) is 18.2 Å². The summed E-state index contributed by atoms with van der Waals surface area (Å²) in [5.41, 5.74) is 0.165. The molecule has 0 radical (unpaired) electrons. The van der Waals surface area contributed by atoms with Crippen LogP contribution in [0.4, 0.5) is 4.39 Å². The van der Waals surface area contributed by atoms with E-state index in [0.717, 1.165) is 6.07 Å². The quantitative estimate of drug-likeness (QED) is 0.733. The van der Waals surface area contributed by atoms with Gasteiger partial charge in [0.1, 0.15) is 18.0 Å². The van der Waals surface area contributed by atoms with Crippen molar-refractivity contribution in [1.29, 1.82) is 0 Å². The summed E-state index contributed by atoms with van der Waals surface area (Å²) in [5.74, 6) is -1.14. The van der Waals surface area contributed by atoms with Gasteiger partial charge in [0.15, 0.2) is 0 Å². The molecule has 1 heterocycles. The van der Waals surface area contributed by atoms with Crippen molar-refractivity contribution in [2.24, 2.45) is 0 Å². The zero-order chi connectivity index (χ0) is 14.0. The standard InChI is InChI=1S/C12H13ClFNO4/c13-7-3-6(1-2-8(7)14)12(18)15-9-4-19-5-10(16)11(9)17/h1-3,9-11,16-17H,4-5H2,(H,15,18)/t9-,10-,11+/m1/s1. The molecule has 1 amide bonds. The molecule has 1 fully saturated rings. The fraction of sp³-hybridized carbons (Fsp3) is 0.417. The van der Waals surface area contributed by atoms with Crippen LogP contribution in [0.3, 0.4) is 0 Å². The van der Waals surface area contributed by atoms with Crippen LogP contribution in [0.2, 0.25) is 5.02 Å². The normalized spacial score (nSPS) is 27.1. The molecule has 0 aromatic heterocycles. The number of benzene rings is 1. The minimum atomic E-state index is -1.10. The molecular formula is C12H13ClFNO4. The Hall–Kier alpha value is -1.21. The maximum atomic E-state index is 13.0. The molecule has 1 aliphatic rings. The summed E-state index contributed by atoms with van der Waals surface area (Å²) in [6.07, 6.45) is -2.15. The Kier molecular flexibility index (Phi) is 4.36. The Morgan fingerprint density at radius 2 is 2.16 bits per heavy atom. The molecule has 0 saturated carbocycles. The third-order valence-electron chi connectivity index (χ3n) is 2.89. The van der Waals surface area contributed by atoms with Gasteiger partial charge in [0, 0.05) is 5.56 Å². The molecule has 3 N–H and O–H groups in total. The third kappa shape index (κ3) is 3.22. The van der Waals surface area contributed by atoms with Gasteiger partial charge < -0.3 is 20.3 Å². The molecule has 1 aliphatic heterocycles. The summed E-state index contributed by atoms with van der Waals surface area (Å²) in [5, 5.41) is 21.5. The first-order valence-corrected chi connectivity index (χ1v) is 6.06. The molecule has 2 rings (SSSR count). The van der Waals surface area contributed by atoms with E-state index in [1.54, 1.807) is 0 Å². The number of carbonyl (C=O) groups excluding carboxylic acids is 1. The highest BCUT2D eigenvalue weighted by atomic mass is 35.5. The van der Waals surface area contributed by atoms with Crippen LogP contribution in [0.5, 0.6) is 0 Å². The van der Waals surface area contributed by atoms with Gasteiger partial charge in [-0.2, -0.15) is 0 Å². The highest BCUT2D eigenvalue weighted by Crippen LogP contribution is 2.16. The lowest BCUT2D eigenvalue weighted by Crippen LogP contribution is -2.55. The molecule has 0 spiro atoms. The van der Waals surface area contributed by atoms with Crippen LogP contribution in [0.25, 0.3) is 0 Å². The van der Waals surface area contributed by atoms with Crippen LogP contribution in [0.1, 0.15) is 10.4 Å². The average Bonchev–Trinajstić information content (AvgIpc) is 2.38. The third-order valence-corrected chi connectivity index (χ3v) is 3.18. The maximum Gasteiger partial charge on any atom is 0.251 e. The van der Waals surface area contributed by atoms with Crippen molar-refractivity contribution in [3.8, 4) is 0 Å². The van der Waals surface area contributed by atoms with Crippen molar-refractivity contribution in [1.82, 2.24) is 5.32 Å². The molecule has 104 valence electrons. The van der Waals surface area contributed by atoms with Gasteiger partial charge in [-0.1, -0.05) is 11.6 Å². The zero-order valence-corrected chi connectivity index (χ0v) is 10.6. The molecule has 7 heteroatoms. The number of ether oxygens (including phenoxy) is 1. The number of rotatable bonds is 2. The van der Waals surface area contributed by atoms with Crippen LogP contribution in [-0.2, 0) is 4.74 Å². The van der Waals surface area contributed by atoms with Crippen molar-refractivity contribution in [3.05, 3.63) is 34.6 Å². The van der Waals surface area contributed by atoms with E-state index in [2.05, 4.69) is 5.32 Å². The van der Waals surface area contributed by atoms with E-state index in [1.807, 2.05) is 0 Å². The van der Waals surface area contributed by atoms with Crippen LogP contribution in [0.15, 0.2) is 18.2 Å². The molecule has 1 saturated heterocycles. The molecule has 0 unspecified atom stereocenters. The van der Waals surface area contributed by atoms with E-state index in [1.165, 1.54) is 12.1 Å². The average molecular weight is 290 g/mol. The first kappa shape index (κ1) is 14.2. The first-order valence-electron chi connectivity index (χ1n) is 5.69. The molecule has 0 bridgehead atoms. The second-order valence-electron chi connectivity index (χ2n) is 4.30. The predicted molar refractivity (Wildman–Crippen MR) is 65.5 cm³/mol. The second-order valence-corrected chi connectivity index (χ2v) is 4.71. The number of nitrogens with one attached hydrogen (secondary N) is 1. The Bertz CT molecular complexity index is 485. The molecule has 1 aromatic rings. The molecule has 19 heavy (non-hydrogen) atoms. The van der Waals surface area contributed by atoms with Crippen LogP contribution in [-0.4, -0.2) is 47.6 Å². The van der Waals surface area contributed by atoms with E-state index in [-0.39, 0.29) is 23.8 Å². The smallest absolute Gasteiger partial charge is 0.251 e. The van der Waals surface area contributed by atoms with Gasteiger partial charge in [0.05, 0.1) is 24.3 Å². The number of aliphatic hydroxyl groups is 2. The van der Waals surface area contributed by atoms with Gasteiger partial charge in [0.2, 0.25) is 0 Å². The number of halogens is 2. The molecule has 0 aliphatic carbocycles. The second kappa shape index (κ2) is 5.83. The van der Waals surface area contributed by atoms with Crippen molar-refractivity contribution < 1.29 is 24.1 Å². The summed E-state index contributed by atoms with van der Waals surface area (Å²) in [6.45, 7) is 0.120. The first-order chi connectivity index (χ1) is 8.99. The Labute approximate surface area is 113 Å². The molecule has 5 nitrogen and oxygen atoms in total. The SMILES string of the molecule is O=C(N[C@@H]1COC[C@@H](O)[C@H]1O)c1ccc(F)c(Cl)c1. The van der Waals surface area contributed by atoms with Crippen LogP contribution < -0.4 is 5.32 Å². The monoisotopic (exact) mass is 289 g/mol. The highest BCUT2D eigenvalue weighted by Gasteiger charge is 2.32. The fourth-order valence-corrected chi connectivity index (χ4v) is 1.98. The number of hydrogen-bond donors (Lipinski definition) is 3. The largest absolute Gasteiger partial charge is 0.388 e. The van der Waals surface area contributed by atoms with Crippen molar-refractivity contribution in [2.75, 3.05) is 13.2 Å². The Morgan fingerprint density at radius 1 is 1.42 bits per heavy atom. The lowest BCUT2D eigenvalue weighted by molar-refractivity contribution is -0.102. The predicted octanol–water partition coefficient (Wildman–Crippen LogP) is 0.330. The number of carbonyl (C=O) groups is 1. The van der Waals surface area contributed by atoms with Gasteiger partial charge in [0.25, 0.3) is 5.91 Å². The van der Waals surface area contributed by atoms with Crippen molar-refractivity contribution in [3.63, 3.8) is 0 Å². The van der Waals surface area contributed by atoms with Gasteiger partial charge >= 0.3 is 0 Å². The van der Waals surface area contributed by atoms with E-state index in [4.69, 9.17) is 16.3 Å². The number of hydrogen-bond acceptors (Lipinski definition) is 4. The van der Waals surface area contributed by atoms with Gasteiger partial charge in [-0.3, -0.25) is 4.79 Å². The lowest BCUT2D eigenvalue weighted by Gasteiger charge is -2.32. The molecule has 1 aromatic carbocycles. The summed E-state index contributed by atoms with van der Waals surface area (Å²) >= 11 is 5.58. The molecule has 3 atom stereocenters. The van der Waals surface area contributed by atoms with E-state index < -0.39 is 30.0 Å². The number of aliphatic hydroxyl groups excluding tert-OH is 2. The zero-order valence-electron chi connectivity index (χ0n) is 9.85. The lowest BCUT2D eigenvalue weighted by atomic mass is 10.0.